The molecule has 0 aliphatic carbocycles. The topological polar surface area (TPSA) is 74.6 Å². The second kappa shape index (κ2) is 4.79. The molecule has 2 N–H and O–H groups in total. The number of carbonyl (C=O) groups is 2. The van der Waals surface area contributed by atoms with Crippen LogP contribution in [0.3, 0.4) is 0 Å². The zero-order valence-corrected chi connectivity index (χ0v) is 8.44. The van der Waals surface area contributed by atoms with Crippen LogP contribution in [-0.4, -0.2) is 22.2 Å². The average molecular weight is 229 g/mol. The van der Waals surface area contributed by atoms with Gasteiger partial charge in [0.1, 0.15) is 0 Å². The van der Waals surface area contributed by atoms with Gasteiger partial charge in [-0.2, -0.15) is 0 Å². The number of hydrogen-bond donors (Lipinski definition) is 2. The minimum atomic E-state index is -1.52. The molecule has 0 spiro atoms. The van der Waals surface area contributed by atoms with E-state index in [-0.39, 0.29) is 5.56 Å². The van der Waals surface area contributed by atoms with Crippen molar-refractivity contribution in [3.63, 3.8) is 0 Å². The van der Waals surface area contributed by atoms with E-state index in [0.29, 0.717) is 5.88 Å². The van der Waals surface area contributed by atoms with Crippen LogP contribution in [0, 0.1) is 0 Å². The van der Waals surface area contributed by atoms with Crippen LogP contribution in [0.15, 0.2) is 24.3 Å². The maximum absolute atomic E-state index is 10.7. The monoisotopic (exact) mass is 228 g/mol. The highest BCUT2D eigenvalue weighted by Crippen LogP contribution is 2.17. The Morgan fingerprint density at radius 2 is 1.60 bits per heavy atom. The Balaban J connectivity index is 3.02. The van der Waals surface area contributed by atoms with E-state index in [1.807, 2.05) is 0 Å². The van der Waals surface area contributed by atoms with Gasteiger partial charge in [0.15, 0.2) is 5.92 Å². The maximum atomic E-state index is 10.7. The van der Waals surface area contributed by atoms with Crippen LogP contribution in [0.25, 0.3) is 0 Å². The van der Waals surface area contributed by atoms with Crippen molar-refractivity contribution in [2.75, 3.05) is 0 Å². The molecule has 5 heteroatoms. The van der Waals surface area contributed by atoms with Crippen molar-refractivity contribution < 1.29 is 19.8 Å². The third-order valence-electron chi connectivity index (χ3n) is 1.96. The van der Waals surface area contributed by atoms with E-state index < -0.39 is 17.9 Å². The summed E-state index contributed by atoms with van der Waals surface area (Å²) in [5.41, 5.74) is 1.05. The standard InChI is InChI=1S/C10H9ClO4/c11-5-6-1-3-7(4-2-6)8(9(12)13)10(14)15/h1-4,8H,5H2,(H,12,13)(H,14,15). The molecule has 1 rings (SSSR count). The predicted molar refractivity (Wildman–Crippen MR) is 54.0 cm³/mol. The predicted octanol–water partition coefficient (Wildman–Crippen LogP) is 1.68. The molecule has 0 saturated carbocycles. The van der Waals surface area contributed by atoms with Crippen LogP contribution in [-0.2, 0) is 15.5 Å². The summed E-state index contributed by atoms with van der Waals surface area (Å²) >= 11 is 5.55. The van der Waals surface area contributed by atoms with Crippen molar-refractivity contribution in [3.05, 3.63) is 35.4 Å². The molecule has 0 bridgehead atoms. The lowest BCUT2D eigenvalue weighted by Crippen LogP contribution is -2.20. The van der Waals surface area contributed by atoms with Gasteiger partial charge in [-0.1, -0.05) is 24.3 Å². The van der Waals surface area contributed by atoms with Crippen molar-refractivity contribution in [1.82, 2.24) is 0 Å². The van der Waals surface area contributed by atoms with Crippen molar-refractivity contribution >= 4 is 23.5 Å². The Labute approximate surface area is 91.1 Å². The first kappa shape index (κ1) is 11.5. The smallest absolute Gasteiger partial charge is 0.322 e. The number of rotatable bonds is 4. The first-order valence-corrected chi connectivity index (χ1v) is 4.70. The summed E-state index contributed by atoms with van der Waals surface area (Å²) in [7, 11) is 0. The van der Waals surface area contributed by atoms with Gasteiger partial charge in [-0.05, 0) is 11.1 Å². The zero-order valence-electron chi connectivity index (χ0n) is 7.68. The van der Waals surface area contributed by atoms with E-state index in [2.05, 4.69) is 0 Å². The fraction of sp³-hybridized carbons (Fsp3) is 0.200. The van der Waals surface area contributed by atoms with Crippen LogP contribution >= 0.6 is 11.6 Å². The molecule has 15 heavy (non-hydrogen) atoms. The molecule has 1 aromatic rings. The third-order valence-corrected chi connectivity index (χ3v) is 2.27. The molecule has 0 atom stereocenters. The molecule has 0 fully saturated rings. The lowest BCUT2D eigenvalue weighted by Gasteiger charge is -2.07. The third kappa shape index (κ3) is 2.70. The molecule has 0 unspecified atom stereocenters. The van der Waals surface area contributed by atoms with Crippen LogP contribution < -0.4 is 0 Å². The maximum Gasteiger partial charge on any atom is 0.322 e. The minimum Gasteiger partial charge on any atom is -0.480 e. The van der Waals surface area contributed by atoms with Gasteiger partial charge < -0.3 is 10.2 Å². The molecule has 0 saturated heterocycles. The lowest BCUT2D eigenvalue weighted by atomic mass is 9.98. The Hall–Kier alpha value is -1.55. The first-order valence-electron chi connectivity index (χ1n) is 4.16. The second-order valence-corrected chi connectivity index (χ2v) is 3.25. The fourth-order valence-corrected chi connectivity index (χ4v) is 1.37. The summed E-state index contributed by atoms with van der Waals surface area (Å²) in [6.07, 6.45) is 0. The fourth-order valence-electron chi connectivity index (χ4n) is 1.19. The van der Waals surface area contributed by atoms with Crippen molar-refractivity contribution in [2.45, 2.75) is 11.8 Å². The van der Waals surface area contributed by atoms with E-state index in [4.69, 9.17) is 21.8 Å². The summed E-state index contributed by atoms with van der Waals surface area (Å²) in [6, 6.07) is 6.15. The molecule has 4 nitrogen and oxygen atoms in total. The van der Waals surface area contributed by atoms with Crippen molar-refractivity contribution in [1.29, 1.82) is 0 Å². The van der Waals surface area contributed by atoms with Gasteiger partial charge in [-0.25, -0.2) is 0 Å². The molecule has 0 aliphatic heterocycles. The van der Waals surface area contributed by atoms with Crippen LogP contribution in [0.1, 0.15) is 17.0 Å². The molecule has 0 radical (unpaired) electrons. The highest BCUT2D eigenvalue weighted by molar-refractivity contribution is 6.17. The van der Waals surface area contributed by atoms with Crippen LogP contribution in [0.4, 0.5) is 0 Å². The first-order chi connectivity index (χ1) is 7.06. The molecule has 0 amide bonds. The molecule has 0 aliphatic rings. The van der Waals surface area contributed by atoms with E-state index in [1.165, 1.54) is 12.1 Å². The van der Waals surface area contributed by atoms with Gasteiger partial charge >= 0.3 is 11.9 Å². The number of benzene rings is 1. The number of aliphatic carboxylic acids is 2. The van der Waals surface area contributed by atoms with Gasteiger partial charge in [-0.15, -0.1) is 11.6 Å². The highest BCUT2D eigenvalue weighted by atomic mass is 35.5. The minimum absolute atomic E-state index is 0.240. The number of alkyl halides is 1. The normalized spacial score (nSPS) is 10.3. The largest absolute Gasteiger partial charge is 0.480 e. The second-order valence-electron chi connectivity index (χ2n) is 2.98. The summed E-state index contributed by atoms with van der Waals surface area (Å²) in [5.74, 6) is -3.96. The Bertz CT molecular complexity index is 358. The van der Waals surface area contributed by atoms with Crippen LogP contribution in [0.5, 0.6) is 0 Å². The number of hydrogen-bond acceptors (Lipinski definition) is 2. The average Bonchev–Trinajstić information content (AvgIpc) is 2.18. The van der Waals surface area contributed by atoms with E-state index in [1.54, 1.807) is 12.1 Å². The highest BCUT2D eigenvalue weighted by Gasteiger charge is 2.27. The lowest BCUT2D eigenvalue weighted by molar-refractivity contribution is -0.150. The molecular weight excluding hydrogens is 220 g/mol. The SMILES string of the molecule is O=C(O)C(C(=O)O)c1ccc(CCl)cc1. The van der Waals surface area contributed by atoms with E-state index in [9.17, 15) is 9.59 Å². The molecule has 80 valence electrons. The summed E-state index contributed by atoms with van der Waals surface area (Å²) in [5, 5.41) is 17.4. The number of carboxylic acid groups (broad SMARTS) is 2. The summed E-state index contributed by atoms with van der Waals surface area (Å²) < 4.78 is 0. The van der Waals surface area contributed by atoms with Gasteiger partial charge in [0.25, 0.3) is 0 Å². The molecule has 1 aromatic carbocycles. The van der Waals surface area contributed by atoms with Crippen LogP contribution in [0.2, 0.25) is 0 Å². The quantitative estimate of drug-likeness (QED) is 0.607. The summed E-state index contributed by atoms with van der Waals surface area (Å²) in [6.45, 7) is 0. The molecule has 0 aromatic heterocycles. The van der Waals surface area contributed by atoms with Gasteiger partial charge in [0.2, 0.25) is 0 Å². The van der Waals surface area contributed by atoms with Crippen molar-refractivity contribution in [3.8, 4) is 0 Å². The Kier molecular flexibility index (Phi) is 3.68. The zero-order chi connectivity index (χ0) is 11.4. The molecule has 0 heterocycles. The van der Waals surface area contributed by atoms with Gasteiger partial charge in [0.05, 0.1) is 0 Å². The van der Waals surface area contributed by atoms with Crippen molar-refractivity contribution in [2.24, 2.45) is 0 Å². The molecular formula is C10H9ClO4. The van der Waals surface area contributed by atoms with E-state index >= 15 is 0 Å². The van der Waals surface area contributed by atoms with E-state index in [0.717, 1.165) is 5.56 Å². The summed E-state index contributed by atoms with van der Waals surface area (Å²) in [4.78, 5) is 21.4. The Morgan fingerprint density at radius 1 is 1.13 bits per heavy atom. The Morgan fingerprint density at radius 3 is 1.93 bits per heavy atom. The van der Waals surface area contributed by atoms with Gasteiger partial charge in [-0.3, -0.25) is 9.59 Å². The number of carboxylic acids is 2. The van der Waals surface area contributed by atoms with Gasteiger partial charge in [0, 0.05) is 5.88 Å². The number of halogens is 1.